The maximum atomic E-state index is 5.77. The second-order valence-corrected chi connectivity index (χ2v) is 2.94. The summed E-state index contributed by atoms with van der Waals surface area (Å²) in [6.07, 6.45) is 6.75. The molecule has 1 fully saturated rings. The Hall–Kier alpha value is -0.920. The second kappa shape index (κ2) is 2.04. The molecule has 1 saturated carbocycles. The fourth-order valence-corrected chi connectivity index (χ4v) is 1.29. The van der Waals surface area contributed by atoms with Crippen molar-refractivity contribution in [2.24, 2.45) is 11.7 Å². The Labute approximate surface area is 60.8 Å². The van der Waals surface area contributed by atoms with Crippen LogP contribution in [-0.4, -0.2) is 6.54 Å². The molecule has 2 nitrogen and oxygen atoms in total. The lowest BCUT2D eigenvalue weighted by atomic mass is 10.1. The highest BCUT2D eigenvalue weighted by atomic mass is 14.8. The molecule has 0 unspecified atom stereocenters. The van der Waals surface area contributed by atoms with Crippen LogP contribution in [0.3, 0.4) is 0 Å². The van der Waals surface area contributed by atoms with Crippen LogP contribution in [0.5, 0.6) is 0 Å². The van der Waals surface area contributed by atoms with Gasteiger partial charge in [0.05, 0.1) is 0 Å². The molecule has 0 aromatic heterocycles. The molecule has 0 bridgehead atoms. The van der Waals surface area contributed by atoms with E-state index in [2.05, 4.69) is 11.5 Å². The van der Waals surface area contributed by atoms with E-state index in [0.717, 1.165) is 18.2 Å². The molecule has 10 heavy (non-hydrogen) atoms. The summed E-state index contributed by atoms with van der Waals surface area (Å²) in [7, 11) is 0. The largest absolute Gasteiger partial charge is 0.399 e. The molecule has 0 amide bonds. The highest BCUT2D eigenvalue weighted by Gasteiger charge is 2.27. The van der Waals surface area contributed by atoms with Crippen LogP contribution in [0.15, 0.2) is 23.5 Å². The molecular weight excluding hydrogens is 124 g/mol. The van der Waals surface area contributed by atoms with Crippen LogP contribution in [0, 0.1) is 5.92 Å². The molecule has 54 valence electrons. The van der Waals surface area contributed by atoms with Crippen LogP contribution in [-0.2, 0) is 0 Å². The Morgan fingerprint density at radius 1 is 1.50 bits per heavy atom. The van der Waals surface area contributed by atoms with Crippen LogP contribution >= 0.6 is 0 Å². The molecule has 0 aromatic carbocycles. The lowest BCUT2D eigenvalue weighted by Gasteiger charge is -2.12. The van der Waals surface area contributed by atoms with Crippen LogP contribution in [0.4, 0.5) is 0 Å². The Kier molecular flexibility index (Phi) is 1.19. The van der Waals surface area contributed by atoms with Crippen molar-refractivity contribution in [3.8, 4) is 0 Å². The highest BCUT2D eigenvalue weighted by molar-refractivity contribution is 5.35. The summed E-state index contributed by atoms with van der Waals surface area (Å²) in [5.41, 5.74) is 8.09. The van der Waals surface area contributed by atoms with Crippen molar-refractivity contribution in [2.45, 2.75) is 12.8 Å². The number of nitrogens with two attached hydrogens (primary N) is 1. The summed E-state index contributed by atoms with van der Waals surface area (Å²) in [5.74, 6) is 0.768. The van der Waals surface area contributed by atoms with Gasteiger partial charge in [-0.05, 0) is 30.4 Å². The van der Waals surface area contributed by atoms with Crippen molar-refractivity contribution >= 4 is 0 Å². The van der Waals surface area contributed by atoms with E-state index in [4.69, 9.17) is 5.73 Å². The van der Waals surface area contributed by atoms with Gasteiger partial charge in [0, 0.05) is 18.4 Å². The van der Waals surface area contributed by atoms with Crippen LogP contribution in [0.2, 0.25) is 0 Å². The molecule has 1 heterocycles. The molecular formula is C8H12N2. The zero-order valence-corrected chi connectivity index (χ0v) is 5.93. The molecule has 0 aromatic rings. The van der Waals surface area contributed by atoms with Gasteiger partial charge in [0.1, 0.15) is 0 Å². The van der Waals surface area contributed by atoms with Gasteiger partial charge in [-0.2, -0.15) is 0 Å². The van der Waals surface area contributed by atoms with E-state index in [0.29, 0.717) is 0 Å². The first-order chi connectivity index (χ1) is 4.88. The summed E-state index contributed by atoms with van der Waals surface area (Å²) in [6, 6.07) is 0. The fraction of sp³-hybridized carbons (Fsp3) is 0.500. The van der Waals surface area contributed by atoms with Gasteiger partial charge in [-0.1, -0.05) is 0 Å². The minimum absolute atomic E-state index is 0.768. The quantitative estimate of drug-likeness (QED) is 0.557. The molecule has 2 aliphatic rings. The lowest BCUT2D eigenvalue weighted by molar-refractivity contribution is 0.876. The summed E-state index contributed by atoms with van der Waals surface area (Å²) < 4.78 is 0. The van der Waals surface area contributed by atoms with Gasteiger partial charge < -0.3 is 11.1 Å². The van der Waals surface area contributed by atoms with Gasteiger partial charge >= 0.3 is 0 Å². The van der Waals surface area contributed by atoms with Crippen LogP contribution in [0.1, 0.15) is 12.8 Å². The van der Waals surface area contributed by atoms with E-state index in [-0.39, 0.29) is 0 Å². The zero-order chi connectivity index (χ0) is 6.97. The van der Waals surface area contributed by atoms with Crippen molar-refractivity contribution in [3.05, 3.63) is 23.5 Å². The Morgan fingerprint density at radius 2 is 2.30 bits per heavy atom. The molecule has 1 aliphatic carbocycles. The van der Waals surface area contributed by atoms with Gasteiger partial charge in [-0.15, -0.1) is 0 Å². The van der Waals surface area contributed by atoms with E-state index in [1.165, 1.54) is 18.4 Å². The first kappa shape index (κ1) is 5.83. The van der Waals surface area contributed by atoms with Gasteiger partial charge in [0.25, 0.3) is 0 Å². The number of rotatable bonds is 1. The Morgan fingerprint density at radius 3 is 2.90 bits per heavy atom. The normalized spacial score (nSPS) is 24.8. The topological polar surface area (TPSA) is 38.0 Å². The standard InChI is InChI=1S/C8H12N2/c9-8-3-4-10-5-7(8)6-1-2-6/h3,5-6,10H,1-2,4,9H2. The predicted molar refractivity (Wildman–Crippen MR) is 41.1 cm³/mol. The summed E-state index contributed by atoms with van der Waals surface area (Å²) in [6.45, 7) is 0.891. The number of allylic oxidation sites excluding steroid dienone is 1. The number of hydrogen-bond acceptors (Lipinski definition) is 2. The molecule has 3 N–H and O–H groups in total. The third-order valence-electron chi connectivity index (χ3n) is 2.05. The van der Waals surface area contributed by atoms with E-state index >= 15 is 0 Å². The maximum Gasteiger partial charge on any atom is 0.0348 e. The summed E-state index contributed by atoms with van der Waals surface area (Å²) >= 11 is 0. The third kappa shape index (κ3) is 0.897. The van der Waals surface area contributed by atoms with E-state index in [1.807, 2.05) is 6.08 Å². The molecule has 0 atom stereocenters. The average molecular weight is 136 g/mol. The van der Waals surface area contributed by atoms with E-state index < -0.39 is 0 Å². The molecule has 0 radical (unpaired) electrons. The minimum Gasteiger partial charge on any atom is -0.399 e. The van der Waals surface area contributed by atoms with Gasteiger partial charge in [-0.3, -0.25) is 0 Å². The number of dihydropyridines is 1. The number of nitrogens with one attached hydrogen (secondary N) is 1. The smallest absolute Gasteiger partial charge is 0.0348 e. The SMILES string of the molecule is NC1=CCNC=C1C1CC1. The van der Waals surface area contributed by atoms with Crippen molar-refractivity contribution < 1.29 is 0 Å². The maximum absolute atomic E-state index is 5.77. The monoisotopic (exact) mass is 136 g/mol. The van der Waals surface area contributed by atoms with Crippen LogP contribution in [0.25, 0.3) is 0 Å². The zero-order valence-electron chi connectivity index (χ0n) is 5.93. The highest BCUT2D eigenvalue weighted by Crippen LogP contribution is 2.38. The summed E-state index contributed by atoms with van der Waals surface area (Å²) in [4.78, 5) is 0. The van der Waals surface area contributed by atoms with Gasteiger partial charge in [-0.25, -0.2) is 0 Å². The first-order valence-corrected chi connectivity index (χ1v) is 3.77. The Balaban J connectivity index is 2.16. The molecule has 2 heteroatoms. The van der Waals surface area contributed by atoms with E-state index in [9.17, 15) is 0 Å². The van der Waals surface area contributed by atoms with Gasteiger partial charge in [0.2, 0.25) is 0 Å². The second-order valence-electron chi connectivity index (χ2n) is 2.94. The molecule has 0 spiro atoms. The van der Waals surface area contributed by atoms with E-state index in [1.54, 1.807) is 0 Å². The minimum atomic E-state index is 0.768. The first-order valence-electron chi connectivity index (χ1n) is 3.77. The van der Waals surface area contributed by atoms with Crippen molar-refractivity contribution in [3.63, 3.8) is 0 Å². The molecule has 2 rings (SSSR count). The lowest BCUT2D eigenvalue weighted by Crippen LogP contribution is -2.17. The van der Waals surface area contributed by atoms with Gasteiger partial charge in [0.15, 0.2) is 0 Å². The fourth-order valence-electron chi connectivity index (χ4n) is 1.29. The van der Waals surface area contributed by atoms with Crippen LogP contribution < -0.4 is 11.1 Å². The summed E-state index contributed by atoms with van der Waals surface area (Å²) in [5, 5.41) is 3.17. The number of hydrogen-bond donors (Lipinski definition) is 2. The Bertz CT molecular complexity index is 199. The van der Waals surface area contributed by atoms with Crippen molar-refractivity contribution in [1.82, 2.24) is 5.32 Å². The average Bonchev–Trinajstić information content (AvgIpc) is 2.71. The molecule has 1 aliphatic heterocycles. The van der Waals surface area contributed by atoms with Crippen molar-refractivity contribution in [2.75, 3.05) is 6.54 Å². The van der Waals surface area contributed by atoms with Crippen molar-refractivity contribution in [1.29, 1.82) is 0 Å². The third-order valence-corrected chi connectivity index (χ3v) is 2.05. The molecule has 0 saturated heterocycles. The predicted octanol–water partition coefficient (Wildman–Crippen LogP) is 0.726.